The number of anilines is 1. The first kappa shape index (κ1) is 17.2. The Morgan fingerprint density at radius 3 is 2.24 bits per heavy atom. The Hall–Kier alpha value is -1.89. The van der Waals surface area contributed by atoms with Crippen LogP contribution in [0.2, 0.25) is 0 Å². The first-order chi connectivity index (χ1) is 9.83. The van der Waals surface area contributed by atoms with Crippen LogP contribution in [0.25, 0.3) is 0 Å². The first-order valence-corrected chi connectivity index (χ1v) is 7.05. The molecule has 0 amide bonds. The van der Waals surface area contributed by atoms with Crippen LogP contribution in [0.4, 0.5) is 10.1 Å². The number of nitrogens with zero attached hydrogens (tertiary/aromatic N) is 1. The maximum absolute atomic E-state index is 13.4. The SMILES string of the molecule is CCC(=C(C(=O)O)C(=O)O)N(CC)c1cc(F)ccc1Br. The number of benzene rings is 1. The number of hydrogen-bond acceptors (Lipinski definition) is 3. The van der Waals surface area contributed by atoms with Gasteiger partial charge in [-0.15, -0.1) is 0 Å². The Labute approximate surface area is 129 Å². The van der Waals surface area contributed by atoms with E-state index in [1.165, 1.54) is 23.1 Å². The molecule has 5 nitrogen and oxygen atoms in total. The summed E-state index contributed by atoms with van der Waals surface area (Å²) in [6.07, 6.45) is 0.185. The zero-order chi connectivity index (χ0) is 16.2. The third kappa shape index (κ3) is 3.81. The minimum atomic E-state index is -1.52. The molecule has 0 unspecified atom stereocenters. The van der Waals surface area contributed by atoms with Crippen molar-refractivity contribution < 1.29 is 24.2 Å². The summed E-state index contributed by atoms with van der Waals surface area (Å²) in [7, 11) is 0. The lowest BCUT2D eigenvalue weighted by molar-refractivity contribution is -0.140. The van der Waals surface area contributed by atoms with E-state index in [4.69, 9.17) is 10.2 Å². The summed E-state index contributed by atoms with van der Waals surface area (Å²) in [6.45, 7) is 3.68. The summed E-state index contributed by atoms with van der Waals surface area (Å²) < 4.78 is 14.0. The lowest BCUT2D eigenvalue weighted by Crippen LogP contribution is -2.28. The van der Waals surface area contributed by atoms with Gasteiger partial charge in [0.05, 0.1) is 5.69 Å². The number of aliphatic carboxylic acids is 2. The first-order valence-electron chi connectivity index (χ1n) is 6.25. The van der Waals surface area contributed by atoms with Crippen LogP contribution in [0.3, 0.4) is 0 Å². The van der Waals surface area contributed by atoms with E-state index in [1.54, 1.807) is 13.8 Å². The number of rotatable bonds is 6. The van der Waals surface area contributed by atoms with E-state index in [9.17, 15) is 14.0 Å². The van der Waals surface area contributed by atoms with Crippen LogP contribution in [-0.4, -0.2) is 28.7 Å². The molecule has 0 fully saturated rings. The van der Waals surface area contributed by atoms with E-state index in [0.29, 0.717) is 16.7 Å². The van der Waals surface area contributed by atoms with E-state index < -0.39 is 23.3 Å². The number of hydrogen-bond donors (Lipinski definition) is 2. The topological polar surface area (TPSA) is 77.8 Å². The number of carboxylic acids is 2. The molecule has 0 aromatic heterocycles. The van der Waals surface area contributed by atoms with Gasteiger partial charge in [0.25, 0.3) is 0 Å². The van der Waals surface area contributed by atoms with Crippen molar-refractivity contribution in [2.75, 3.05) is 11.4 Å². The summed E-state index contributed by atoms with van der Waals surface area (Å²) in [5.74, 6) is -3.54. The van der Waals surface area contributed by atoms with Gasteiger partial charge in [-0.2, -0.15) is 0 Å². The Morgan fingerprint density at radius 2 is 1.81 bits per heavy atom. The van der Waals surface area contributed by atoms with E-state index in [2.05, 4.69) is 15.9 Å². The largest absolute Gasteiger partial charge is 0.477 e. The van der Waals surface area contributed by atoms with Gasteiger partial charge in [-0.1, -0.05) is 6.92 Å². The van der Waals surface area contributed by atoms with E-state index in [1.807, 2.05) is 0 Å². The normalized spacial score (nSPS) is 10.1. The number of carboxylic acid groups (broad SMARTS) is 2. The monoisotopic (exact) mass is 359 g/mol. The Balaban J connectivity index is 3.54. The Bertz CT molecular complexity index is 585. The highest BCUT2D eigenvalue weighted by Crippen LogP contribution is 2.31. The molecule has 1 aromatic rings. The third-order valence-corrected chi connectivity index (χ3v) is 3.56. The molecule has 1 aromatic carbocycles. The molecule has 0 radical (unpaired) electrons. The van der Waals surface area contributed by atoms with Crippen molar-refractivity contribution in [3.05, 3.63) is 39.8 Å². The molecule has 0 bridgehead atoms. The van der Waals surface area contributed by atoms with Crippen molar-refractivity contribution in [2.24, 2.45) is 0 Å². The summed E-state index contributed by atoms with van der Waals surface area (Å²) in [4.78, 5) is 23.9. The summed E-state index contributed by atoms with van der Waals surface area (Å²) >= 11 is 3.27. The quantitative estimate of drug-likeness (QED) is 0.463. The predicted octanol–water partition coefficient (Wildman–Crippen LogP) is 3.25. The standard InChI is InChI=1S/C14H15BrFNO4/c1-3-10(12(13(18)19)14(20)21)17(4-2)11-7-8(16)5-6-9(11)15/h5-7H,3-4H2,1-2H3,(H,18,19)(H,20,21). The molecule has 1 rings (SSSR count). The molecule has 0 aliphatic rings. The molecule has 2 N–H and O–H groups in total. The van der Waals surface area contributed by atoms with Crippen LogP contribution < -0.4 is 4.90 Å². The third-order valence-electron chi connectivity index (χ3n) is 2.89. The highest BCUT2D eigenvalue weighted by atomic mass is 79.9. The van der Waals surface area contributed by atoms with Crippen molar-refractivity contribution in [1.29, 1.82) is 0 Å². The number of halogens is 2. The molecule has 0 atom stereocenters. The van der Waals surface area contributed by atoms with Gasteiger partial charge in [0, 0.05) is 16.7 Å². The van der Waals surface area contributed by atoms with Crippen molar-refractivity contribution in [3.8, 4) is 0 Å². The molecule has 21 heavy (non-hydrogen) atoms. The highest BCUT2D eigenvalue weighted by Gasteiger charge is 2.26. The molecule has 114 valence electrons. The second-order valence-corrected chi connectivity index (χ2v) is 4.98. The molecule has 0 saturated heterocycles. The van der Waals surface area contributed by atoms with Gasteiger partial charge < -0.3 is 15.1 Å². The number of allylic oxidation sites excluding steroid dienone is 1. The maximum atomic E-state index is 13.4. The fraction of sp³-hybridized carbons (Fsp3) is 0.286. The molecule has 0 aliphatic carbocycles. The van der Waals surface area contributed by atoms with E-state index >= 15 is 0 Å². The van der Waals surface area contributed by atoms with Gasteiger partial charge in [-0.05, 0) is 47.5 Å². The second kappa shape index (κ2) is 7.21. The average Bonchev–Trinajstić information content (AvgIpc) is 2.41. The van der Waals surface area contributed by atoms with Gasteiger partial charge >= 0.3 is 11.9 Å². The lowest BCUT2D eigenvalue weighted by Gasteiger charge is -2.27. The molecule has 0 heterocycles. The van der Waals surface area contributed by atoms with Crippen molar-refractivity contribution in [1.82, 2.24) is 0 Å². The number of carbonyl (C=O) groups is 2. The highest BCUT2D eigenvalue weighted by molar-refractivity contribution is 9.10. The van der Waals surface area contributed by atoms with Crippen molar-refractivity contribution >= 4 is 33.6 Å². The summed E-state index contributed by atoms with van der Waals surface area (Å²) in [5, 5.41) is 18.2. The Kier molecular flexibility index (Phi) is 5.90. The molecule has 0 aliphatic heterocycles. The van der Waals surface area contributed by atoms with E-state index in [0.717, 1.165) is 0 Å². The Morgan fingerprint density at radius 1 is 1.24 bits per heavy atom. The van der Waals surface area contributed by atoms with Crippen LogP contribution in [0.5, 0.6) is 0 Å². The van der Waals surface area contributed by atoms with Crippen molar-refractivity contribution in [3.63, 3.8) is 0 Å². The van der Waals surface area contributed by atoms with Crippen LogP contribution in [-0.2, 0) is 9.59 Å². The molecule has 0 spiro atoms. The van der Waals surface area contributed by atoms with Gasteiger partial charge in [-0.3, -0.25) is 0 Å². The fourth-order valence-electron chi connectivity index (χ4n) is 2.04. The van der Waals surface area contributed by atoms with Gasteiger partial charge in [0.15, 0.2) is 5.57 Å². The zero-order valence-corrected chi connectivity index (χ0v) is 13.1. The van der Waals surface area contributed by atoms with Crippen LogP contribution in [0.15, 0.2) is 33.9 Å². The average molecular weight is 360 g/mol. The summed E-state index contributed by atoms with van der Waals surface area (Å²) in [5.41, 5.74) is -0.214. The van der Waals surface area contributed by atoms with Crippen molar-refractivity contribution in [2.45, 2.75) is 20.3 Å². The zero-order valence-electron chi connectivity index (χ0n) is 11.6. The van der Waals surface area contributed by atoms with Crippen LogP contribution in [0.1, 0.15) is 20.3 Å². The van der Waals surface area contributed by atoms with Gasteiger partial charge in [-0.25, -0.2) is 14.0 Å². The fourth-order valence-corrected chi connectivity index (χ4v) is 2.50. The minimum Gasteiger partial charge on any atom is -0.477 e. The minimum absolute atomic E-state index is 0.115. The maximum Gasteiger partial charge on any atom is 0.344 e. The van der Waals surface area contributed by atoms with Gasteiger partial charge in [0.1, 0.15) is 5.82 Å². The molecular formula is C14H15BrFNO4. The van der Waals surface area contributed by atoms with E-state index in [-0.39, 0.29) is 12.1 Å². The molecule has 0 saturated carbocycles. The van der Waals surface area contributed by atoms with Gasteiger partial charge in [0.2, 0.25) is 0 Å². The van der Waals surface area contributed by atoms with Crippen LogP contribution in [0, 0.1) is 5.82 Å². The predicted molar refractivity (Wildman–Crippen MR) is 79.7 cm³/mol. The molecule has 7 heteroatoms. The molecular weight excluding hydrogens is 345 g/mol. The second-order valence-electron chi connectivity index (χ2n) is 4.13. The van der Waals surface area contributed by atoms with Crippen LogP contribution >= 0.6 is 15.9 Å². The smallest absolute Gasteiger partial charge is 0.344 e. The lowest BCUT2D eigenvalue weighted by atomic mass is 10.1. The summed E-state index contributed by atoms with van der Waals surface area (Å²) in [6, 6.07) is 3.97.